The maximum Gasteiger partial charge on any atom is 0.471 e. The molecule has 1 aromatic rings. The van der Waals surface area contributed by atoms with E-state index >= 15 is 0 Å². The smallest absolute Gasteiger partial charge is 0.448 e. The Balaban J connectivity index is 2.85. The molecule has 0 atom stereocenters. The number of amides is 6. The lowest BCUT2D eigenvalue weighted by Crippen LogP contribution is -2.38. The Morgan fingerprint density at radius 2 is 0.704 bits per heavy atom. The van der Waals surface area contributed by atoms with Crippen molar-refractivity contribution in [3.63, 3.8) is 0 Å². The van der Waals surface area contributed by atoms with Crippen LogP contribution in [0.4, 0.5) is 68.1 Å². The summed E-state index contributed by atoms with van der Waals surface area (Å²) >= 11 is 0. The SMILES string of the molecule is O=C(OCCN(CCOC(=O)N(CCCCCCNC(=O)C(F)(F)F)CCCCCCNC(=O)C(F)(F)F)c1ccnnn1)N(CCCCCCNC(=O)C(F)(F)F)CCCCCCNC(=O)C(F)(F)F. The van der Waals surface area contributed by atoms with Crippen LogP contribution >= 0.6 is 0 Å². The van der Waals surface area contributed by atoms with E-state index in [0.29, 0.717) is 77.0 Å². The van der Waals surface area contributed by atoms with E-state index in [1.165, 1.54) is 22.1 Å². The van der Waals surface area contributed by atoms with Crippen LogP contribution in [0.2, 0.25) is 0 Å². The van der Waals surface area contributed by atoms with Gasteiger partial charge in [0, 0.05) is 58.4 Å². The molecule has 0 aliphatic rings. The van der Waals surface area contributed by atoms with Crippen LogP contribution in [-0.2, 0) is 28.7 Å². The minimum absolute atomic E-state index is 0.000318. The molecule has 0 fully saturated rings. The number of rotatable bonds is 35. The van der Waals surface area contributed by atoms with Crippen LogP contribution < -0.4 is 26.2 Å². The van der Waals surface area contributed by atoms with Crippen LogP contribution in [-0.4, -0.2) is 164 Å². The number of aromatic nitrogens is 3. The number of hydrogen-bond acceptors (Lipinski definition) is 12. The van der Waals surface area contributed by atoms with Crippen LogP contribution in [0.1, 0.15) is 103 Å². The van der Waals surface area contributed by atoms with E-state index in [2.05, 4.69) is 15.4 Å². The average molecular weight is 1050 g/mol. The average Bonchev–Trinajstić information content (AvgIpc) is 3.29. The third kappa shape index (κ3) is 30.7. The molecule has 1 heterocycles. The Hall–Kier alpha value is -5.61. The van der Waals surface area contributed by atoms with Crippen molar-refractivity contribution in [2.45, 2.75) is 127 Å². The lowest BCUT2D eigenvalue weighted by atomic mass is 10.1. The predicted octanol–water partition coefficient (Wildman–Crippen LogP) is 6.51. The number of nitrogens with zero attached hydrogens (tertiary/aromatic N) is 6. The van der Waals surface area contributed by atoms with Gasteiger partial charge < -0.3 is 45.4 Å². The van der Waals surface area contributed by atoms with Gasteiger partial charge in [0.2, 0.25) is 0 Å². The van der Waals surface area contributed by atoms with Gasteiger partial charge in [-0.15, -0.1) is 10.2 Å². The van der Waals surface area contributed by atoms with Crippen LogP contribution in [0.5, 0.6) is 0 Å². The molecule has 30 heteroatoms. The molecule has 4 N–H and O–H groups in total. The largest absolute Gasteiger partial charge is 0.471 e. The molecule has 0 radical (unpaired) electrons. The van der Waals surface area contributed by atoms with Gasteiger partial charge in [-0.1, -0.05) is 51.4 Å². The van der Waals surface area contributed by atoms with Crippen LogP contribution in [0.25, 0.3) is 0 Å². The molecule has 0 aliphatic heterocycles. The summed E-state index contributed by atoms with van der Waals surface area (Å²) < 4.78 is 160. The van der Waals surface area contributed by atoms with Gasteiger partial charge in [0.25, 0.3) is 0 Å². The highest BCUT2D eigenvalue weighted by molar-refractivity contribution is 5.82. The minimum atomic E-state index is -5.01. The highest BCUT2D eigenvalue weighted by Gasteiger charge is 2.40. The lowest BCUT2D eigenvalue weighted by molar-refractivity contribution is -0.173. The standard InChI is InChI=1S/C41H62F12N10O8/c42-38(43,44)32(64)54-18-9-1-5-13-23-62(24-14-6-2-10-19-55-33(65)39(45,46)47)36(68)70-29-27-61(31-17-22-58-60-59-31)28-30-71-37(69)63(25-15-7-3-11-20-56-34(66)40(48,49)50)26-16-8-4-12-21-57-35(67)41(51,52)53/h17,22H,1-16,18-21,23-30H2,(H,54,64)(H,55,65)(H,56,66)(H,57,67). The van der Waals surface area contributed by atoms with Crippen molar-refractivity contribution in [3.8, 4) is 0 Å². The first-order chi connectivity index (χ1) is 33.3. The fourth-order valence-corrected chi connectivity index (χ4v) is 6.34. The Labute approximate surface area is 402 Å². The summed E-state index contributed by atoms with van der Waals surface area (Å²) in [5.41, 5.74) is 0. The molecule has 1 rings (SSSR count). The number of anilines is 1. The summed E-state index contributed by atoms with van der Waals surface area (Å²) in [5.74, 6) is -7.96. The van der Waals surface area contributed by atoms with Crippen molar-refractivity contribution in [1.29, 1.82) is 0 Å². The molecule has 0 saturated carbocycles. The molecular formula is C41H62F12N10O8. The van der Waals surface area contributed by atoms with E-state index in [1.54, 1.807) is 26.2 Å². The van der Waals surface area contributed by atoms with E-state index in [1.807, 2.05) is 0 Å². The molecule has 0 spiro atoms. The van der Waals surface area contributed by atoms with Crippen molar-refractivity contribution >= 4 is 41.6 Å². The second-order valence-electron chi connectivity index (χ2n) is 15.8. The van der Waals surface area contributed by atoms with Crippen molar-refractivity contribution in [3.05, 3.63) is 12.3 Å². The zero-order valence-electron chi connectivity index (χ0n) is 38.9. The Bertz CT molecular complexity index is 1530. The fourth-order valence-electron chi connectivity index (χ4n) is 6.34. The number of carbonyl (C=O) groups is 6. The molecule has 71 heavy (non-hydrogen) atoms. The first-order valence-electron chi connectivity index (χ1n) is 23.0. The number of hydrogen-bond donors (Lipinski definition) is 4. The van der Waals surface area contributed by atoms with Gasteiger partial charge in [-0.3, -0.25) is 19.2 Å². The maximum absolute atomic E-state index is 13.3. The normalized spacial score (nSPS) is 11.9. The van der Waals surface area contributed by atoms with Gasteiger partial charge in [0.05, 0.1) is 19.3 Å². The molecule has 1 aromatic heterocycles. The van der Waals surface area contributed by atoms with Crippen LogP contribution in [0.3, 0.4) is 0 Å². The topological polar surface area (TPSA) is 217 Å². The predicted molar refractivity (Wildman–Crippen MR) is 228 cm³/mol. The summed E-state index contributed by atoms with van der Waals surface area (Å²) in [6.07, 6.45) is -14.0. The third-order valence-electron chi connectivity index (χ3n) is 10.1. The molecule has 18 nitrogen and oxygen atoms in total. The van der Waals surface area contributed by atoms with Gasteiger partial charge in [-0.25, -0.2) is 9.59 Å². The van der Waals surface area contributed by atoms with Gasteiger partial charge in [0.1, 0.15) is 13.2 Å². The fraction of sp³-hybridized carbons (Fsp3) is 0.780. The van der Waals surface area contributed by atoms with Crippen LogP contribution in [0.15, 0.2) is 12.3 Å². The second-order valence-corrected chi connectivity index (χ2v) is 15.8. The lowest BCUT2D eigenvalue weighted by Gasteiger charge is -2.26. The summed E-state index contributed by atoms with van der Waals surface area (Å²) in [6, 6.07) is 1.49. The molecule has 0 saturated heterocycles. The first-order valence-corrected chi connectivity index (χ1v) is 23.0. The van der Waals surface area contributed by atoms with Gasteiger partial charge in [0.15, 0.2) is 5.82 Å². The summed E-state index contributed by atoms with van der Waals surface area (Å²) in [6.45, 7) is -0.612. The van der Waals surface area contributed by atoms with Crippen LogP contribution in [0, 0.1) is 0 Å². The van der Waals surface area contributed by atoms with Crippen molar-refractivity contribution in [2.24, 2.45) is 0 Å². The molecule has 408 valence electrons. The molecule has 6 amide bonds. The monoisotopic (exact) mass is 1050 g/mol. The van der Waals surface area contributed by atoms with E-state index in [9.17, 15) is 81.5 Å². The number of alkyl halides is 12. The number of unbranched alkanes of at least 4 members (excludes halogenated alkanes) is 12. The van der Waals surface area contributed by atoms with E-state index in [-0.39, 0.29) is 110 Å². The van der Waals surface area contributed by atoms with Gasteiger partial charge in [-0.2, -0.15) is 52.7 Å². The Kier molecular flexibility index (Phi) is 30.3. The molecule has 0 unspecified atom stereocenters. The first kappa shape index (κ1) is 63.4. The minimum Gasteiger partial charge on any atom is -0.448 e. The number of ether oxygens (including phenoxy) is 2. The molecular weight excluding hydrogens is 988 g/mol. The quantitative estimate of drug-likeness (QED) is 0.0423. The molecule has 0 aromatic carbocycles. The van der Waals surface area contributed by atoms with Crippen molar-refractivity contribution in [1.82, 2.24) is 46.5 Å². The zero-order chi connectivity index (χ0) is 53.4. The van der Waals surface area contributed by atoms with E-state index < -0.39 is 60.5 Å². The van der Waals surface area contributed by atoms with E-state index in [4.69, 9.17) is 9.47 Å². The van der Waals surface area contributed by atoms with Gasteiger partial charge >= 0.3 is 60.5 Å². The molecule has 0 bridgehead atoms. The summed E-state index contributed by atoms with van der Waals surface area (Å²) in [7, 11) is 0. The molecule has 0 aliphatic carbocycles. The summed E-state index contributed by atoms with van der Waals surface area (Å²) in [4.78, 5) is 75.1. The Morgan fingerprint density at radius 3 is 0.958 bits per heavy atom. The third-order valence-corrected chi connectivity index (χ3v) is 10.1. The van der Waals surface area contributed by atoms with Crippen molar-refractivity contribution in [2.75, 3.05) is 83.6 Å². The highest BCUT2D eigenvalue weighted by Crippen LogP contribution is 2.18. The zero-order valence-corrected chi connectivity index (χ0v) is 38.9. The van der Waals surface area contributed by atoms with E-state index in [0.717, 1.165) is 0 Å². The number of carbonyl (C=O) groups excluding carboxylic acids is 6. The van der Waals surface area contributed by atoms with Crippen molar-refractivity contribution < 1.29 is 90.9 Å². The number of nitrogens with one attached hydrogen (secondary N) is 4. The second kappa shape index (κ2) is 33.9. The highest BCUT2D eigenvalue weighted by atomic mass is 19.4. The Morgan fingerprint density at radius 1 is 0.423 bits per heavy atom. The van der Waals surface area contributed by atoms with Gasteiger partial charge in [-0.05, 0) is 56.6 Å². The summed E-state index contributed by atoms with van der Waals surface area (Å²) in [5, 5.41) is 18.3. The number of halogens is 12. The maximum atomic E-state index is 13.3.